The number of nitrogens with two attached hydrogens (primary N) is 1. The molecule has 4 N–H and O–H groups in total. The summed E-state index contributed by atoms with van der Waals surface area (Å²) in [6.45, 7) is 7.32. The van der Waals surface area contributed by atoms with Crippen molar-refractivity contribution in [3.05, 3.63) is 16.8 Å². The van der Waals surface area contributed by atoms with Crippen LogP contribution in [0.3, 0.4) is 0 Å². The Balaban J connectivity index is 0.00000512. The number of carbonyl (C=O) groups excluding carboxylic acids is 1. The second-order valence-corrected chi connectivity index (χ2v) is 11.3. The molecule has 0 saturated carbocycles. The highest BCUT2D eigenvalue weighted by Gasteiger charge is 2.37. The fourth-order valence-electron chi connectivity index (χ4n) is 3.10. The van der Waals surface area contributed by atoms with Crippen LogP contribution in [0.25, 0.3) is 0 Å². The van der Waals surface area contributed by atoms with Gasteiger partial charge in [0.25, 0.3) is 7.52 Å². The van der Waals surface area contributed by atoms with Crippen LogP contribution in [0.15, 0.2) is 11.1 Å². The number of nitrogens with zero attached hydrogens (tertiary/aromatic N) is 3. The molecular formula is C19H36N5O6PS. The van der Waals surface area contributed by atoms with Crippen LogP contribution in [0.2, 0.25) is 0 Å². The zero-order chi connectivity index (χ0) is 23.2. The molecule has 0 aromatic carbocycles. The molecular weight excluding hydrogens is 457 g/mol. The fourth-order valence-corrected chi connectivity index (χ4v) is 5.95. The Kier molecular flexibility index (Phi) is 11.3. The molecule has 32 heavy (non-hydrogen) atoms. The van der Waals surface area contributed by atoms with Crippen molar-refractivity contribution in [1.29, 1.82) is 0 Å². The molecule has 0 aliphatic carbocycles. The second kappa shape index (κ2) is 12.7. The van der Waals surface area contributed by atoms with Gasteiger partial charge in [-0.05, 0) is 12.8 Å². The van der Waals surface area contributed by atoms with E-state index in [4.69, 9.17) is 15.0 Å². The van der Waals surface area contributed by atoms with Gasteiger partial charge in [-0.3, -0.25) is 13.9 Å². The van der Waals surface area contributed by atoms with Gasteiger partial charge >= 0.3 is 11.7 Å². The third kappa shape index (κ3) is 8.15. The van der Waals surface area contributed by atoms with Gasteiger partial charge in [0.15, 0.2) is 0 Å². The number of anilines is 1. The lowest BCUT2D eigenvalue weighted by Gasteiger charge is -2.22. The van der Waals surface area contributed by atoms with Crippen molar-refractivity contribution >= 4 is 31.2 Å². The third-order valence-corrected chi connectivity index (χ3v) is 8.17. The molecule has 0 spiro atoms. The summed E-state index contributed by atoms with van der Waals surface area (Å²) in [7, 11) is -3.34. The lowest BCUT2D eigenvalue weighted by Crippen LogP contribution is -2.35. The van der Waals surface area contributed by atoms with Crippen molar-refractivity contribution in [1.82, 2.24) is 19.6 Å². The van der Waals surface area contributed by atoms with Crippen LogP contribution in [0, 0.1) is 5.92 Å². The van der Waals surface area contributed by atoms with Gasteiger partial charge in [0, 0.05) is 13.1 Å². The fraction of sp³-hybridized carbons (Fsp3) is 0.789. The molecule has 0 bridgehead atoms. The average molecular weight is 494 g/mol. The Morgan fingerprint density at radius 3 is 2.72 bits per heavy atom. The quantitative estimate of drug-likeness (QED) is 0.306. The summed E-state index contributed by atoms with van der Waals surface area (Å²) >= 11 is 1.30. The molecule has 1 fully saturated rings. The van der Waals surface area contributed by atoms with Crippen LogP contribution in [-0.4, -0.2) is 62.9 Å². The molecule has 1 aromatic heterocycles. The normalized spacial score (nSPS) is 23.4. The minimum atomic E-state index is -3.34. The Morgan fingerprint density at radius 1 is 1.47 bits per heavy atom. The average Bonchev–Trinajstić information content (AvgIpc) is 3.07. The van der Waals surface area contributed by atoms with Crippen molar-refractivity contribution in [2.75, 3.05) is 25.6 Å². The lowest BCUT2D eigenvalue weighted by molar-refractivity contribution is -0.146. The van der Waals surface area contributed by atoms with Crippen LogP contribution < -0.4 is 16.5 Å². The first kappa shape index (κ1) is 28.6. The molecule has 2 heterocycles. The third-order valence-electron chi connectivity index (χ3n) is 5.14. The minimum Gasteiger partial charge on any atom is -0.464 e. The van der Waals surface area contributed by atoms with Gasteiger partial charge in [-0.1, -0.05) is 34.1 Å². The lowest BCUT2D eigenvalue weighted by atomic mass is 10.1. The van der Waals surface area contributed by atoms with E-state index in [1.165, 1.54) is 29.3 Å². The highest BCUT2D eigenvalue weighted by molar-refractivity contribution is 8.00. The molecule has 184 valence electrons. The van der Waals surface area contributed by atoms with Crippen molar-refractivity contribution in [3.63, 3.8) is 0 Å². The number of thioether (sulfide) groups is 1. The number of esters is 1. The van der Waals surface area contributed by atoms with E-state index in [-0.39, 0.29) is 31.8 Å². The van der Waals surface area contributed by atoms with E-state index in [1.54, 1.807) is 6.92 Å². The molecule has 1 saturated heterocycles. The zero-order valence-electron chi connectivity index (χ0n) is 18.3. The standard InChI is InChI=1S/C18H32N5O6PS.CH4/c1-5-12(6-2)8-28-16(25)11(3)22-30(4,27)29-9-14-13(24)7-15(31-14)23-10-20-17(19)21-18(23)26;/h10-15,24H,5-9H2,1-4H3,(H,22,27)(H2,19,21,26);1H4/t11-,13+,14+,15+,30?;/m0./s1. The van der Waals surface area contributed by atoms with Crippen molar-refractivity contribution in [2.24, 2.45) is 5.92 Å². The van der Waals surface area contributed by atoms with Crippen molar-refractivity contribution < 1.29 is 23.7 Å². The topological polar surface area (TPSA) is 159 Å². The number of aliphatic hydroxyl groups excluding tert-OH is 1. The summed E-state index contributed by atoms with van der Waals surface area (Å²) in [6, 6.07) is -0.801. The van der Waals surface area contributed by atoms with Gasteiger partial charge in [-0.2, -0.15) is 4.98 Å². The summed E-state index contributed by atoms with van der Waals surface area (Å²) < 4.78 is 24.9. The SMILES string of the molecule is C.CCC(CC)COC(=O)[C@H](C)NP(C)(=O)OC[C@H]1S[C@@H](n2cnc(N)nc2=O)C[C@H]1O. The maximum atomic E-state index is 12.8. The Labute approximate surface area is 193 Å². The molecule has 13 heteroatoms. The first-order chi connectivity index (χ1) is 14.6. The molecule has 11 nitrogen and oxygen atoms in total. The van der Waals surface area contributed by atoms with E-state index < -0.39 is 36.6 Å². The molecule has 1 aromatic rings. The number of ether oxygens (including phenoxy) is 1. The number of aromatic nitrogens is 3. The highest BCUT2D eigenvalue weighted by atomic mass is 32.2. The van der Waals surface area contributed by atoms with Gasteiger partial charge in [-0.15, -0.1) is 11.8 Å². The second-order valence-electron chi connectivity index (χ2n) is 7.64. The van der Waals surface area contributed by atoms with Crippen LogP contribution in [-0.2, 0) is 18.6 Å². The molecule has 2 rings (SSSR count). The van der Waals surface area contributed by atoms with E-state index in [0.717, 1.165) is 12.8 Å². The van der Waals surface area contributed by atoms with Crippen molar-refractivity contribution in [3.8, 4) is 0 Å². The number of hydrogen-bond donors (Lipinski definition) is 3. The van der Waals surface area contributed by atoms with Gasteiger partial charge < -0.3 is 20.1 Å². The Morgan fingerprint density at radius 2 is 2.12 bits per heavy atom. The smallest absolute Gasteiger partial charge is 0.353 e. The van der Waals surface area contributed by atoms with Crippen LogP contribution >= 0.6 is 19.3 Å². The van der Waals surface area contributed by atoms with E-state index in [1.807, 2.05) is 13.8 Å². The van der Waals surface area contributed by atoms with Gasteiger partial charge in [0.05, 0.1) is 29.9 Å². The number of nitrogen functional groups attached to an aromatic ring is 1. The van der Waals surface area contributed by atoms with Gasteiger partial charge in [-0.25, -0.2) is 14.9 Å². The molecule has 1 aliphatic heterocycles. The highest BCUT2D eigenvalue weighted by Crippen LogP contribution is 2.44. The maximum Gasteiger partial charge on any atom is 0.353 e. The monoisotopic (exact) mass is 493 g/mol. The van der Waals surface area contributed by atoms with Crippen LogP contribution in [0.5, 0.6) is 0 Å². The molecule has 1 aliphatic rings. The summed E-state index contributed by atoms with van der Waals surface area (Å²) in [4.78, 5) is 31.6. The maximum absolute atomic E-state index is 12.8. The number of rotatable bonds is 11. The largest absolute Gasteiger partial charge is 0.464 e. The van der Waals surface area contributed by atoms with Gasteiger partial charge in [0.1, 0.15) is 12.4 Å². The number of hydrogen-bond acceptors (Lipinski definition) is 10. The number of carbonyl (C=O) groups is 1. The predicted molar refractivity (Wildman–Crippen MR) is 126 cm³/mol. The summed E-state index contributed by atoms with van der Waals surface area (Å²) in [5.74, 6) is -0.306. The van der Waals surface area contributed by atoms with Gasteiger partial charge in [0.2, 0.25) is 5.95 Å². The molecule has 1 unspecified atom stereocenters. The Bertz CT molecular complexity index is 852. The van der Waals surface area contributed by atoms with Crippen LogP contribution in [0.1, 0.15) is 52.8 Å². The van der Waals surface area contributed by atoms with E-state index in [2.05, 4.69) is 15.1 Å². The molecule has 0 amide bonds. The minimum absolute atomic E-state index is 0. The summed E-state index contributed by atoms with van der Waals surface area (Å²) in [6.07, 6.45) is 2.63. The van der Waals surface area contributed by atoms with E-state index >= 15 is 0 Å². The predicted octanol–water partition coefficient (Wildman–Crippen LogP) is 2.02. The molecule has 5 atom stereocenters. The number of nitrogens with one attached hydrogen (secondary N) is 1. The van der Waals surface area contributed by atoms with E-state index in [9.17, 15) is 19.3 Å². The first-order valence-electron chi connectivity index (χ1n) is 10.3. The van der Waals surface area contributed by atoms with Crippen molar-refractivity contribution in [2.45, 2.75) is 70.2 Å². The number of aliphatic hydroxyl groups is 1. The van der Waals surface area contributed by atoms with Crippen LogP contribution in [0.4, 0.5) is 5.95 Å². The summed E-state index contributed by atoms with van der Waals surface area (Å²) in [5, 5.41) is 12.2. The Hall–Kier alpha value is -1.46. The summed E-state index contributed by atoms with van der Waals surface area (Å²) in [5.41, 5.74) is 4.85. The van der Waals surface area contributed by atoms with E-state index in [0.29, 0.717) is 12.5 Å². The zero-order valence-corrected chi connectivity index (χ0v) is 20.0. The first-order valence-corrected chi connectivity index (χ1v) is 13.3. The molecule has 0 radical (unpaired) electrons.